The van der Waals surface area contributed by atoms with Gasteiger partial charge in [0.15, 0.2) is 9.84 Å². The summed E-state index contributed by atoms with van der Waals surface area (Å²) < 4.78 is 29.3. The molecule has 0 atom stereocenters. The average Bonchev–Trinajstić information content (AvgIpc) is 2.38. The van der Waals surface area contributed by atoms with Gasteiger partial charge in [-0.2, -0.15) is 5.26 Å². The van der Waals surface area contributed by atoms with E-state index in [4.69, 9.17) is 10.00 Å². The van der Waals surface area contributed by atoms with Crippen molar-refractivity contribution in [1.82, 2.24) is 0 Å². The summed E-state index contributed by atoms with van der Waals surface area (Å²) in [7, 11) is -1.81. The molecule has 0 aliphatic carbocycles. The number of nitriles is 1. The van der Waals surface area contributed by atoms with Crippen molar-refractivity contribution in [2.24, 2.45) is 5.41 Å². The maximum absolute atomic E-state index is 12.1. The maximum Gasteiger partial charge on any atom is 0.178 e. The minimum Gasteiger partial charge on any atom is -0.497 e. The first-order valence-corrected chi connectivity index (χ1v) is 7.74. The van der Waals surface area contributed by atoms with Gasteiger partial charge in [-0.05, 0) is 44.9 Å². The van der Waals surface area contributed by atoms with Gasteiger partial charge >= 0.3 is 0 Å². The third-order valence-electron chi connectivity index (χ3n) is 2.92. The molecule has 0 saturated carbocycles. The molecule has 0 spiro atoms. The fraction of sp³-hybridized carbons (Fsp3) is 0.500. The smallest absolute Gasteiger partial charge is 0.178 e. The normalized spacial score (nSPS) is 11.9. The van der Waals surface area contributed by atoms with Crippen LogP contribution in [0.4, 0.5) is 0 Å². The van der Waals surface area contributed by atoms with Crippen molar-refractivity contribution in [3.63, 3.8) is 0 Å². The molecule has 104 valence electrons. The first kappa shape index (κ1) is 15.5. The molecule has 0 fully saturated rings. The van der Waals surface area contributed by atoms with Gasteiger partial charge in [0.25, 0.3) is 0 Å². The number of sulfone groups is 1. The Labute approximate surface area is 114 Å². The summed E-state index contributed by atoms with van der Waals surface area (Å²) in [6, 6.07) is 8.62. The first-order chi connectivity index (χ1) is 8.80. The van der Waals surface area contributed by atoms with Gasteiger partial charge in [-0.15, -0.1) is 0 Å². The highest BCUT2D eigenvalue weighted by atomic mass is 32.2. The lowest BCUT2D eigenvalue weighted by Crippen LogP contribution is -2.12. The minimum absolute atomic E-state index is 0.0469. The third kappa shape index (κ3) is 4.56. The fourth-order valence-electron chi connectivity index (χ4n) is 1.67. The van der Waals surface area contributed by atoms with E-state index in [9.17, 15) is 8.42 Å². The topological polar surface area (TPSA) is 67.2 Å². The van der Waals surface area contributed by atoms with Crippen molar-refractivity contribution >= 4 is 9.84 Å². The van der Waals surface area contributed by atoms with E-state index in [2.05, 4.69) is 6.07 Å². The van der Waals surface area contributed by atoms with Crippen LogP contribution in [-0.2, 0) is 9.84 Å². The van der Waals surface area contributed by atoms with Crippen LogP contribution in [0.15, 0.2) is 29.2 Å². The molecule has 0 N–H and O–H groups in total. The molecule has 0 radical (unpaired) electrons. The molecule has 0 unspecified atom stereocenters. The maximum atomic E-state index is 12.1. The van der Waals surface area contributed by atoms with Crippen LogP contribution in [0, 0.1) is 16.7 Å². The number of methoxy groups -OCH3 is 1. The number of nitrogens with zero attached hydrogens (tertiary/aromatic N) is 1. The molecule has 1 aromatic carbocycles. The second kappa shape index (κ2) is 6.07. The predicted octanol–water partition coefficient (Wildman–Crippen LogP) is 2.80. The summed E-state index contributed by atoms with van der Waals surface area (Å²) in [6.45, 7) is 3.62. The lowest BCUT2D eigenvalue weighted by Gasteiger charge is -2.14. The summed E-state index contributed by atoms with van der Waals surface area (Å²) in [6.07, 6.45) is 1.03. The van der Waals surface area contributed by atoms with E-state index in [-0.39, 0.29) is 10.6 Å². The van der Waals surface area contributed by atoms with Crippen LogP contribution >= 0.6 is 0 Å². The van der Waals surface area contributed by atoms with E-state index in [0.29, 0.717) is 18.6 Å². The van der Waals surface area contributed by atoms with Gasteiger partial charge in [0.2, 0.25) is 0 Å². The van der Waals surface area contributed by atoms with Crippen molar-refractivity contribution in [2.45, 2.75) is 31.6 Å². The van der Waals surface area contributed by atoms with Gasteiger partial charge in [-0.25, -0.2) is 8.42 Å². The number of rotatable bonds is 6. The molecular formula is C14H19NO3S. The van der Waals surface area contributed by atoms with Gasteiger partial charge < -0.3 is 4.74 Å². The number of ether oxygens (including phenoxy) is 1. The quantitative estimate of drug-likeness (QED) is 0.804. The lowest BCUT2D eigenvalue weighted by atomic mass is 9.90. The van der Waals surface area contributed by atoms with Crippen LogP contribution in [0.2, 0.25) is 0 Å². The molecule has 0 aliphatic rings. The first-order valence-electron chi connectivity index (χ1n) is 6.09. The molecule has 0 saturated heterocycles. The van der Waals surface area contributed by atoms with Crippen LogP contribution in [0.5, 0.6) is 5.75 Å². The van der Waals surface area contributed by atoms with E-state index < -0.39 is 15.3 Å². The van der Waals surface area contributed by atoms with Crippen LogP contribution in [0.1, 0.15) is 26.7 Å². The highest BCUT2D eigenvalue weighted by Gasteiger charge is 2.20. The van der Waals surface area contributed by atoms with E-state index in [0.717, 1.165) is 0 Å². The Hall–Kier alpha value is -1.54. The van der Waals surface area contributed by atoms with Crippen molar-refractivity contribution < 1.29 is 13.2 Å². The SMILES string of the molecule is COc1cccc(S(=O)(=O)CCCC(C)(C)C#N)c1. The number of benzene rings is 1. The molecule has 19 heavy (non-hydrogen) atoms. The summed E-state index contributed by atoms with van der Waals surface area (Å²) >= 11 is 0. The number of hydrogen-bond donors (Lipinski definition) is 0. The van der Waals surface area contributed by atoms with Crippen LogP contribution in [0.3, 0.4) is 0 Å². The van der Waals surface area contributed by atoms with Crippen molar-refractivity contribution in [2.75, 3.05) is 12.9 Å². The minimum atomic E-state index is -3.31. The van der Waals surface area contributed by atoms with Crippen molar-refractivity contribution in [3.05, 3.63) is 24.3 Å². The Morgan fingerprint density at radius 3 is 2.63 bits per heavy atom. The molecule has 0 heterocycles. The van der Waals surface area contributed by atoms with E-state index in [1.165, 1.54) is 13.2 Å². The Bertz CT molecular complexity index is 571. The molecular weight excluding hydrogens is 262 g/mol. The summed E-state index contributed by atoms with van der Waals surface area (Å²) in [5.74, 6) is 0.573. The van der Waals surface area contributed by atoms with Gasteiger partial charge in [0, 0.05) is 0 Å². The highest BCUT2D eigenvalue weighted by Crippen LogP contribution is 2.23. The molecule has 1 rings (SSSR count). The zero-order valence-corrected chi connectivity index (χ0v) is 12.3. The average molecular weight is 281 g/mol. The van der Waals surface area contributed by atoms with E-state index in [1.54, 1.807) is 18.2 Å². The van der Waals surface area contributed by atoms with Gasteiger partial charge in [-0.1, -0.05) is 6.07 Å². The molecule has 0 aromatic heterocycles. The predicted molar refractivity (Wildman–Crippen MR) is 73.7 cm³/mol. The molecule has 0 aliphatic heterocycles. The Morgan fingerprint density at radius 1 is 1.37 bits per heavy atom. The zero-order valence-electron chi connectivity index (χ0n) is 11.5. The largest absolute Gasteiger partial charge is 0.497 e. The molecule has 5 heteroatoms. The molecule has 4 nitrogen and oxygen atoms in total. The lowest BCUT2D eigenvalue weighted by molar-refractivity contribution is 0.413. The van der Waals surface area contributed by atoms with Gasteiger partial charge in [0.1, 0.15) is 5.75 Å². The second-order valence-electron chi connectivity index (χ2n) is 5.10. The van der Waals surface area contributed by atoms with E-state index >= 15 is 0 Å². The van der Waals surface area contributed by atoms with E-state index in [1.807, 2.05) is 13.8 Å². The van der Waals surface area contributed by atoms with Crippen molar-refractivity contribution in [1.29, 1.82) is 5.26 Å². The molecule has 0 amide bonds. The van der Waals surface area contributed by atoms with Gasteiger partial charge in [0.05, 0.1) is 29.2 Å². The van der Waals surface area contributed by atoms with Gasteiger partial charge in [-0.3, -0.25) is 0 Å². The molecule has 1 aromatic rings. The number of hydrogen-bond acceptors (Lipinski definition) is 4. The third-order valence-corrected chi connectivity index (χ3v) is 4.72. The summed E-state index contributed by atoms with van der Waals surface area (Å²) in [5.41, 5.74) is -0.482. The molecule has 0 bridgehead atoms. The van der Waals surface area contributed by atoms with Crippen LogP contribution < -0.4 is 4.74 Å². The van der Waals surface area contributed by atoms with Crippen molar-refractivity contribution in [3.8, 4) is 11.8 Å². The van der Waals surface area contributed by atoms with Crippen LogP contribution in [-0.4, -0.2) is 21.3 Å². The Balaban J connectivity index is 2.74. The highest BCUT2D eigenvalue weighted by molar-refractivity contribution is 7.91. The fourth-order valence-corrected chi connectivity index (χ4v) is 3.01. The standard InChI is InChI=1S/C14H19NO3S/c1-14(2,11-15)8-5-9-19(16,17)13-7-4-6-12(10-13)18-3/h4,6-7,10H,5,8-9H2,1-3H3. The van der Waals surface area contributed by atoms with Crippen LogP contribution in [0.25, 0.3) is 0 Å². The summed E-state index contributed by atoms with van der Waals surface area (Å²) in [5, 5.41) is 8.89. The zero-order chi connectivity index (χ0) is 14.5. The second-order valence-corrected chi connectivity index (χ2v) is 7.21. The monoisotopic (exact) mass is 281 g/mol. The summed E-state index contributed by atoms with van der Waals surface area (Å²) in [4.78, 5) is 0.265. The Morgan fingerprint density at radius 2 is 2.05 bits per heavy atom. The Kier molecular flexibility index (Phi) is 4.96.